The molecular weight excluding hydrogens is 551 g/mol. The van der Waals surface area contributed by atoms with Gasteiger partial charge in [0.25, 0.3) is 0 Å². The van der Waals surface area contributed by atoms with Gasteiger partial charge in [-0.15, -0.1) is 0 Å². The van der Waals surface area contributed by atoms with Gasteiger partial charge in [-0.25, -0.2) is 0 Å². The predicted octanol–water partition coefficient (Wildman–Crippen LogP) is 5.95. The van der Waals surface area contributed by atoms with Gasteiger partial charge in [-0.1, -0.05) is 0 Å². The summed E-state index contributed by atoms with van der Waals surface area (Å²) in [4.78, 5) is 5.57. The van der Waals surface area contributed by atoms with E-state index in [1.165, 1.54) is 67.2 Å². The molecule has 4 nitrogen and oxygen atoms in total. The van der Waals surface area contributed by atoms with E-state index in [1.807, 2.05) is 0 Å². The second kappa shape index (κ2) is 9.41. The summed E-state index contributed by atoms with van der Waals surface area (Å²) in [5.41, 5.74) is 20.5. The van der Waals surface area contributed by atoms with Crippen LogP contribution >= 0.6 is 0 Å². The second-order valence-corrected chi connectivity index (χ2v) is 15.1. The molecule has 0 saturated carbocycles. The molecule has 0 aromatic carbocycles. The van der Waals surface area contributed by atoms with Gasteiger partial charge < -0.3 is 0 Å². The molecular formula is C35H43AsN4. The van der Waals surface area contributed by atoms with E-state index in [9.17, 15) is 0 Å². The van der Waals surface area contributed by atoms with E-state index < -0.39 is 15.3 Å². The molecule has 0 amide bonds. The van der Waals surface area contributed by atoms with Crippen molar-refractivity contribution in [2.24, 2.45) is 4.99 Å². The van der Waals surface area contributed by atoms with Crippen LogP contribution < -0.4 is 10.7 Å². The van der Waals surface area contributed by atoms with Gasteiger partial charge >= 0.3 is 245 Å². The van der Waals surface area contributed by atoms with E-state index in [0.29, 0.717) is 0 Å². The van der Waals surface area contributed by atoms with Crippen LogP contribution in [-0.2, 0) is 38.5 Å². The summed E-state index contributed by atoms with van der Waals surface area (Å²) in [5.74, 6) is 0. The molecule has 4 aliphatic rings. The molecule has 0 radical (unpaired) electrons. The summed E-state index contributed by atoms with van der Waals surface area (Å²) in [6, 6.07) is 0. The van der Waals surface area contributed by atoms with E-state index >= 15 is 0 Å². The molecule has 5 heteroatoms. The van der Waals surface area contributed by atoms with Gasteiger partial charge in [0.05, 0.1) is 0 Å². The SMILES string of the molecule is CCC1=C(CC)C2=NC1=Cc1c(CC)c(CC)c3n1[As]1n4c(c(CC)c(CC)c42)C=c2c(CC)c(CC)c(n21)=C3. The maximum atomic E-state index is 5.57. The van der Waals surface area contributed by atoms with E-state index in [0.717, 1.165) is 51.4 Å². The van der Waals surface area contributed by atoms with Crippen LogP contribution in [0.4, 0.5) is 0 Å². The van der Waals surface area contributed by atoms with Crippen LogP contribution in [0, 0.1) is 0 Å². The summed E-state index contributed by atoms with van der Waals surface area (Å²) in [7, 11) is 0. The van der Waals surface area contributed by atoms with Crippen molar-refractivity contribution in [1.29, 1.82) is 0 Å². The van der Waals surface area contributed by atoms with Crippen molar-refractivity contribution in [3.63, 3.8) is 0 Å². The van der Waals surface area contributed by atoms with Crippen molar-refractivity contribution in [3.05, 3.63) is 83.7 Å². The van der Waals surface area contributed by atoms with Gasteiger partial charge in [-0.3, -0.25) is 0 Å². The van der Waals surface area contributed by atoms with Crippen LogP contribution in [0.2, 0.25) is 0 Å². The summed E-state index contributed by atoms with van der Waals surface area (Å²) in [6.45, 7) is 18.8. The summed E-state index contributed by atoms with van der Waals surface area (Å²) < 4.78 is 8.55. The second-order valence-electron chi connectivity index (χ2n) is 11.4. The van der Waals surface area contributed by atoms with Crippen LogP contribution in [-0.4, -0.2) is 31.5 Å². The van der Waals surface area contributed by atoms with Gasteiger partial charge in [0.2, 0.25) is 0 Å². The molecule has 0 N–H and O–H groups in total. The number of nitrogens with zero attached hydrogens (tertiary/aromatic N) is 4. The van der Waals surface area contributed by atoms with Crippen molar-refractivity contribution < 1.29 is 0 Å². The fraction of sp³-hybridized carbons (Fsp3) is 0.457. The third-order valence-corrected chi connectivity index (χ3v) is 14.8. The molecule has 2 bridgehead atoms. The molecule has 7 rings (SSSR count). The number of allylic oxidation sites excluding steroid dienone is 2. The summed E-state index contributed by atoms with van der Waals surface area (Å²) in [6.07, 6.45) is 16.1. The first-order chi connectivity index (χ1) is 19.5. The standard InChI is InChI=1S/C35H43AsN4/c1-9-20-26(15-7)34-35-27(16-8)25(14-6)33-19-32-24(13-5)23(12-4)31-18-30-22(11-3)21(10-2)29(17-28(20)37-34)38(30)36(39(31)32)40(33)35/h17-19H,9-16H2,1-8H3. The van der Waals surface area contributed by atoms with Crippen molar-refractivity contribution in [3.8, 4) is 0 Å². The molecule has 3 aromatic heterocycles. The van der Waals surface area contributed by atoms with Crippen LogP contribution in [0.1, 0.15) is 124 Å². The third-order valence-electron chi connectivity index (χ3n) is 9.88. The number of aliphatic imine (C=N–C) groups is 1. The molecule has 7 heterocycles. The van der Waals surface area contributed by atoms with Crippen LogP contribution in [0.5, 0.6) is 0 Å². The van der Waals surface area contributed by atoms with E-state index in [-0.39, 0.29) is 0 Å². The predicted molar refractivity (Wildman–Crippen MR) is 170 cm³/mol. The van der Waals surface area contributed by atoms with E-state index in [1.54, 1.807) is 22.3 Å². The van der Waals surface area contributed by atoms with Gasteiger partial charge in [-0.05, 0) is 0 Å². The third kappa shape index (κ3) is 3.02. The van der Waals surface area contributed by atoms with Gasteiger partial charge in [-0.2, -0.15) is 0 Å². The zero-order chi connectivity index (χ0) is 28.0. The Balaban J connectivity index is 1.78. The summed E-state index contributed by atoms with van der Waals surface area (Å²) >= 11 is -2.09. The van der Waals surface area contributed by atoms with Crippen molar-refractivity contribution in [2.75, 3.05) is 0 Å². The average molecular weight is 595 g/mol. The monoisotopic (exact) mass is 594 g/mol. The number of hydrogen-bond donors (Lipinski definition) is 0. The van der Waals surface area contributed by atoms with Gasteiger partial charge in [0.1, 0.15) is 0 Å². The fourth-order valence-corrected chi connectivity index (χ4v) is 14.1. The summed E-state index contributed by atoms with van der Waals surface area (Å²) in [5, 5.41) is 2.97. The molecule has 0 fully saturated rings. The molecule has 1 unspecified atom stereocenters. The quantitative estimate of drug-likeness (QED) is 0.199. The molecule has 0 aliphatic carbocycles. The Morgan fingerprint density at radius 1 is 0.500 bits per heavy atom. The first kappa shape index (κ1) is 26.2. The van der Waals surface area contributed by atoms with Crippen LogP contribution in [0.25, 0.3) is 18.2 Å². The zero-order valence-electron chi connectivity index (χ0n) is 25.6. The Labute approximate surface area is 244 Å². The average Bonchev–Trinajstić information content (AvgIpc) is 3.68. The van der Waals surface area contributed by atoms with Crippen molar-refractivity contribution in [2.45, 2.75) is 107 Å². The van der Waals surface area contributed by atoms with E-state index in [4.69, 9.17) is 4.99 Å². The Morgan fingerprint density at radius 3 is 1.48 bits per heavy atom. The molecule has 0 spiro atoms. The van der Waals surface area contributed by atoms with Gasteiger partial charge in [0, 0.05) is 0 Å². The number of rotatable bonds is 8. The zero-order valence-corrected chi connectivity index (χ0v) is 27.5. The maximum absolute atomic E-state index is 5.57. The number of hydrogen-bond acceptors (Lipinski definition) is 1. The molecule has 40 heavy (non-hydrogen) atoms. The molecule has 3 aromatic rings. The van der Waals surface area contributed by atoms with Gasteiger partial charge in [0.15, 0.2) is 0 Å². The topological polar surface area (TPSA) is 27.1 Å². The Bertz CT molecular complexity index is 1830. The van der Waals surface area contributed by atoms with Crippen molar-refractivity contribution >= 4 is 39.3 Å². The van der Waals surface area contributed by atoms with Crippen LogP contribution in [0.15, 0.2) is 21.8 Å². The Morgan fingerprint density at radius 2 is 0.975 bits per heavy atom. The first-order valence-electron chi connectivity index (χ1n) is 15.9. The molecule has 1 atom stereocenters. The molecule has 4 aliphatic heterocycles. The van der Waals surface area contributed by atoms with Crippen molar-refractivity contribution in [1.82, 2.24) is 10.5 Å². The van der Waals surface area contributed by atoms with E-state index in [2.05, 4.69) is 84.1 Å². The Hall–Kier alpha value is -2.71. The molecule has 208 valence electrons. The molecule has 0 saturated heterocycles. The number of fused-ring (bicyclic) bond motifs is 2. The first-order valence-corrected chi connectivity index (χ1v) is 18.4. The fourth-order valence-electron chi connectivity index (χ4n) is 8.27. The minimum absolute atomic E-state index is 1.03. The minimum atomic E-state index is -2.09. The Kier molecular flexibility index (Phi) is 6.17. The van der Waals surface area contributed by atoms with Crippen LogP contribution in [0.3, 0.4) is 0 Å². The normalized spacial score (nSPS) is 17.6. The number of aromatic nitrogens is 3.